The summed E-state index contributed by atoms with van der Waals surface area (Å²) >= 11 is 1.08. The van der Waals surface area contributed by atoms with Crippen LogP contribution in [-0.4, -0.2) is 29.0 Å². The Labute approximate surface area is 228 Å². The minimum absolute atomic E-state index is 0.0154. The first kappa shape index (κ1) is 28.3. The van der Waals surface area contributed by atoms with Crippen LogP contribution in [0.4, 0.5) is 18.0 Å². The SMILES string of the molecule is Cc1c(C(C)C)sc(S(=O)(=O)NC(=O)NCc2ccccn2)c1-c1ccc(Cn2ccnc2C(F)(F)F)cc1. The fraction of sp³-hybridized carbons (Fsp3) is 0.269. The maximum Gasteiger partial charge on any atom is 0.449 e. The minimum Gasteiger partial charge on any atom is -0.332 e. The van der Waals surface area contributed by atoms with Crippen LogP contribution in [-0.2, 0) is 29.3 Å². The number of nitrogens with zero attached hydrogens (tertiary/aromatic N) is 3. The highest BCUT2D eigenvalue weighted by atomic mass is 32.2. The number of sulfonamides is 1. The fourth-order valence-electron chi connectivity index (χ4n) is 4.12. The lowest BCUT2D eigenvalue weighted by molar-refractivity contribution is -0.147. The second kappa shape index (κ2) is 11.2. The number of imidazole rings is 1. The van der Waals surface area contributed by atoms with E-state index in [4.69, 9.17) is 0 Å². The Bertz CT molecular complexity index is 1560. The van der Waals surface area contributed by atoms with Gasteiger partial charge in [-0.1, -0.05) is 44.2 Å². The molecule has 3 heterocycles. The van der Waals surface area contributed by atoms with E-state index in [9.17, 15) is 26.4 Å². The van der Waals surface area contributed by atoms with Gasteiger partial charge >= 0.3 is 12.2 Å². The average molecular weight is 578 g/mol. The molecule has 0 aliphatic heterocycles. The number of nitrogens with one attached hydrogen (secondary N) is 2. The maximum absolute atomic E-state index is 13.4. The summed E-state index contributed by atoms with van der Waals surface area (Å²) in [6, 6.07) is 10.9. The molecule has 0 aliphatic rings. The maximum atomic E-state index is 13.4. The third-order valence-corrected chi connectivity index (χ3v) is 9.31. The normalized spacial score (nSPS) is 12.1. The van der Waals surface area contributed by atoms with E-state index < -0.39 is 28.1 Å². The molecule has 1 aromatic carbocycles. The molecule has 2 amide bonds. The zero-order valence-electron chi connectivity index (χ0n) is 21.3. The number of carbonyl (C=O) groups is 1. The second-order valence-corrected chi connectivity index (χ2v) is 12.0. The van der Waals surface area contributed by atoms with E-state index in [2.05, 4.69) is 20.0 Å². The van der Waals surface area contributed by atoms with Gasteiger partial charge in [-0.25, -0.2) is 22.9 Å². The molecule has 206 valence electrons. The Morgan fingerprint density at radius 1 is 1.08 bits per heavy atom. The molecule has 0 unspecified atom stereocenters. The molecule has 0 aliphatic carbocycles. The molecule has 0 bridgehead atoms. The number of carbonyl (C=O) groups excluding carboxylic acids is 1. The van der Waals surface area contributed by atoms with Crippen LogP contribution in [0.25, 0.3) is 11.1 Å². The van der Waals surface area contributed by atoms with Gasteiger partial charge in [-0.05, 0) is 41.7 Å². The summed E-state index contributed by atoms with van der Waals surface area (Å²) in [6.07, 6.45) is -0.666. The molecule has 0 saturated carbocycles. The quantitative estimate of drug-likeness (QED) is 0.280. The summed E-state index contributed by atoms with van der Waals surface area (Å²) in [4.78, 5) is 20.8. The van der Waals surface area contributed by atoms with Gasteiger partial charge in [0, 0.05) is 35.6 Å². The largest absolute Gasteiger partial charge is 0.449 e. The van der Waals surface area contributed by atoms with E-state index in [1.54, 1.807) is 48.7 Å². The lowest BCUT2D eigenvalue weighted by atomic mass is 9.99. The number of aromatic nitrogens is 3. The number of pyridine rings is 1. The zero-order valence-corrected chi connectivity index (χ0v) is 22.9. The van der Waals surface area contributed by atoms with E-state index in [0.29, 0.717) is 22.4 Å². The molecule has 8 nitrogen and oxygen atoms in total. The van der Waals surface area contributed by atoms with Crippen LogP contribution in [0.1, 0.15) is 47.3 Å². The van der Waals surface area contributed by atoms with Crippen molar-refractivity contribution in [3.63, 3.8) is 0 Å². The highest BCUT2D eigenvalue weighted by Gasteiger charge is 2.36. The lowest BCUT2D eigenvalue weighted by Gasteiger charge is -2.12. The van der Waals surface area contributed by atoms with Crippen LogP contribution >= 0.6 is 11.3 Å². The van der Waals surface area contributed by atoms with Crippen molar-refractivity contribution in [1.29, 1.82) is 0 Å². The van der Waals surface area contributed by atoms with E-state index in [0.717, 1.165) is 32.5 Å². The van der Waals surface area contributed by atoms with Gasteiger partial charge in [0.05, 0.1) is 12.2 Å². The predicted molar refractivity (Wildman–Crippen MR) is 142 cm³/mol. The molecule has 0 radical (unpaired) electrons. The summed E-state index contributed by atoms with van der Waals surface area (Å²) in [6.45, 7) is 5.69. The number of rotatable bonds is 8. The van der Waals surface area contributed by atoms with Crippen molar-refractivity contribution in [1.82, 2.24) is 24.6 Å². The summed E-state index contributed by atoms with van der Waals surface area (Å²) in [7, 11) is -4.25. The van der Waals surface area contributed by atoms with Crippen LogP contribution < -0.4 is 10.0 Å². The highest BCUT2D eigenvalue weighted by Crippen LogP contribution is 2.42. The first-order chi connectivity index (χ1) is 18.4. The Morgan fingerprint density at radius 2 is 1.79 bits per heavy atom. The Hall–Kier alpha value is -3.71. The van der Waals surface area contributed by atoms with Crippen molar-refractivity contribution in [2.75, 3.05) is 0 Å². The number of alkyl halides is 3. The molecule has 3 aromatic heterocycles. The smallest absolute Gasteiger partial charge is 0.332 e. The van der Waals surface area contributed by atoms with Crippen molar-refractivity contribution in [2.24, 2.45) is 0 Å². The minimum atomic E-state index is -4.58. The van der Waals surface area contributed by atoms with E-state index in [-0.39, 0.29) is 23.2 Å². The van der Waals surface area contributed by atoms with Crippen molar-refractivity contribution >= 4 is 27.4 Å². The summed E-state index contributed by atoms with van der Waals surface area (Å²) in [5.41, 5.74) is 2.91. The third-order valence-electron chi connectivity index (χ3n) is 5.87. The van der Waals surface area contributed by atoms with Gasteiger partial charge in [0.1, 0.15) is 4.21 Å². The van der Waals surface area contributed by atoms with Crippen molar-refractivity contribution < 1.29 is 26.4 Å². The number of urea groups is 1. The van der Waals surface area contributed by atoms with Gasteiger partial charge in [0.15, 0.2) is 0 Å². The number of benzene rings is 1. The van der Waals surface area contributed by atoms with Crippen LogP contribution in [0.3, 0.4) is 0 Å². The average Bonchev–Trinajstić information content (AvgIpc) is 3.48. The van der Waals surface area contributed by atoms with Crippen LogP contribution in [0.15, 0.2) is 65.3 Å². The summed E-state index contributed by atoms with van der Waals surface area (Å²) in [5, 5.41) is 2.50. The van der Waals surface area contributed by atoms with Gasteiger partial charge in [-0.15, -0.1) is 11.3 Å². The van der Waals surface area contributed by atoms with Gasteiger partial charge in [-0.3, -0.25) is 4.98 Å². The highest BCUT2D eigenvalue weighted by molar-refractivity contribution is 7.92. The van der Waals surface area contributed by atoms with E-state index in [1.807, 2.05) is 20.8 Å². The van der Waals surface area contributed by atoms with Crippen LogP contribution in [0, 0.1) is 6.92 Å². The monoisotopic (exact) mass is 577 g/mol. The third kappa shape index (κ3) is 6.48. The lowest BCUT2D eigenvalue weighted by Crippen LogP contribution is -2.39. The van der Waals surface area contributed by atoms with Crippen molar-refractivity contribution in [2.45, 2.75) is 50.2 Å². The molecule has 0 atom stereocenters. The van der Waals surface area contributed by atoms with Gasteiger partial charge < -0.3 is 9.88 Å². The van der Waals surface area contributed by atoms with Crippen molar-refractivity contribution in [3.05, 3.63) is 88.6 Å². The summed E-state index contributed by atoms with van der Waals surface area (Å²) < 4.78 is 69.3. The fourth-order valence-corrected chi connectivity index (χ4v) is 6.97. The molecule has 2 N–H and O–H groups in total. The predicted octanol–water partition coefficient (Wildman–Crippen LogP) is 5.69. The van der Waals surface area contributed by atoms with Gasteiger partial charge in [0.25, 0.3) is 10.0 Å². The number of thiophene rings is 1. The number of hydrogen-bond donors (Lipinski definition) is 2. The molecular weight excluding hydrogens is 551 g/mol. The number of hydrogen-bond acceptors (Lipinski definition) is 6. The van der Waals surface area contributed by atoms with Gasteiger partial charge in [-0.2, -0.15) is 13.2 Å². The first-order valence-electron chi connectivity index (χ1n) is 11.9. The number of amides is 2. The Kier molecular flexibility index (Phi) is 8.12. The first-order valence-corrected chi connectivity index (χ1v) is 14.2. The van der Waals surface area contributed by atoms with Crippen LogP contribution in [0.2, 0.25) is 0 Å². The molecule has 39 heavy (non-hydrogen) atoms. The molecule has 0 fully saturated rings. The Morgan fingerprint density at radius 3 is 2.41 bits per heavy atom. The van der Waals surface area contributed by atoms with E-state index >= 15 is 0 Å². The second-order valence-electron chi connectivity index (χ2n) is 9.09. The molecule has 0 saturated heterocycles. The summed E-state index contributed by atoms with van der Waals surface area (Å²) in [5.74, 6) is -0.973. The topological polar surface area (TPSA) is 106 Å². The molecule has 4 rings (SSSR count). The van der Waals surface area contributed by atoms with Gasteiger partial charge in [0.2, 0.25) is 5.82 Å². The van der Waals surface area contributed by atoms with Crippen LogP contribution in [0.5, 0.6) is 0 Å². The molecule has 0 spiro atoms. The molecule has 13 heteroatoms. The zero-order chi connectivity index (χ0) is 28.4. The Balaban J connectivity index is 1.61. The molecule has 4 aromatic rings. The number of halogens is 3. The molecular formula is C26H26F3N5O3S2. The standard InChI is InChI=1S/C26H26F3N5O3S2/c1-16(2)22-17(3)21(19-9-7-18(8-10-19)15-34-13-12-31-24(34)26(27,28)29)23(38-22)39(36,37)33-25(35)32-14-20-6-4-5-11-30-20/h4-13,16H,14-15H2,1-3H3,(H2,32,33,35). The van der Waals surface area contributed by atoms with Crippen molar-refractivity contribution in [3.8, 4) is 11.1 Å². The van der Waals surface area contributed by atoms with E-state index in [1.165, 1.54) is 6.20 Å².